The van der Waals surface area contributed by atoms with E-state index in [0.717, 1.165) is 9.37 Å². The number of halogens is 2. The van der Waals surface area contributed by atoms with Gasteiger partial charge in [0.15, 0.2) is 5.78 Å². The van der Waals surface area contributed by atoms with E-state index in [-0.39, 0.29) is 5.78 Å². The van der Waals surface area contributed by atoms with Gasteiger partial charge >= 0.3 is 0 Å². The topological polar surface area (TPSA) is 34.1 Å². The molecule has 0 fully saturated rings. The Balaban J connectivity index is 1.83. The first-order chi connectivity index (χ1) is 10.1. The van der Waals surface area contributed by atoms with Crippen LogP contribution in [0.25, 0.3) is 0 Å². The van der Waals surface area contributed by atoms with Gasteiger partial charge in [0.1, 0.15) is 0 Å². The van der Waals surface area contributed by atoms with E-state index in [9.17, 15) is 9.00 Å². The van der Waals surface area contributed by atoms with Crippen molar-refractivity contribution in [2.45, 2.75) is 17.7 Å². The van der Waals surface area contributed by atoms with Gasteiger partial charge in [0.25, 0.3) is 0 Å². The quantitative estimate of drug-likeness (QED) is 0.665. The molecule has 0 aliphatic carbocycles. The summed E-state index contributed by atoms with van der Waals surface area (Å²) < 4.78 is 13.0. The molecule has 0 spiro atoms. The number of Topliss-reactive ketones (excluding diaryl/α,β-unsaturated/α-hetero) is 1. The molecule has 0 amide bonds. The SMILES string of the molecule is O=C(CCCS(=O)c1ccc(Cl)cc1)c1ccc(Br)cc1. The number of ketones is 1. The van der Waals surface area contributed by atoms with Crippen LogP contribution in [0.1, 0.15) is 23.2 Å². The molecule has 110 valence electrons. The van der Waals surface area contributed by atoms with E-state index in [0.29, 0.717) is 29.2 Å². The average Bonchev–Trinajstić information content (AvgIpc) is 2.48. The van der Waals surface area contributed by atoms with Crippen LogP contribution < -0.4 is 0 Å². The average molecular weight is 386 g/mol. The maximum atomic E-state index is 12.1. The molecule has 0 heterocycles. The number of carbonyl (C=O) groups is 1. The minimum absolute atomic E-state index is 0.0793. The van der Waals surface area contributed by atoms with Crippen molar-refractivity contribution in [3.8, 4) is 0 Å². The van der Waals surface area contributed by atoms with E-state index in [2.05, 4.69) is 15.9 Å². The van der Waals surface area contributed by atoms with Gasteiger partial charge < -0.3 is 0 Å². The number of carbonyl (C=O) groups excluding carboxylic acids is 1. The van der Waals surface area contributed by atoms with Crippen LogP contribution in [0.15, 0.2) is 57.9 Å². The Morgan fingerprint density at radius 1 is 1.05 bits per heavy atom. The molecule has 0 aliphatic heterocycles. The molecule has 0 bridgehead atoms. The Morgan fingerprint density at radius 2 is 1.67 bits per heavy atom. The molecule has 2 rings (SSSR count). The zero-order valence-corrected chi connectivity index (χ0v) is 14.4. The van der Waals surface area contributed by atoms with Gasteiger partial charge in [-0.25, -0.2) is 0 Å². The fourth-order valence-corrected chi connectivity index (χ4v) is 3.32. The molecule has 0 saturated carbocycles. The molecule has 5 heteroatoms. The Bertz CT molecular complexity index is 581. The van der Waals surface area contributed by atoms with Crippen molar-refractivity contribution in [3.63, 3.8) is 0 Å². The summed E-state index contributed by atoms with van der Waals surface area (Å²) in [5.74, 6) is 0.555. The monoisotopic (exact) mass is 384 g/mol. The zero-order chi connectivity index (χ0) is 15.2. The van der Waals surface area contributed by atoms with E-state index in [4.69, 9.17) is 11.6 Å². The standard InChI is InChI=1S/C16H14BrClO2S/c17-13-5-3-12(4-6-13)16(19)2-1-11-21(20)15-9-7-14(18)8-10-15/h3-10H,1-2,11H2. The maximum Gasteiger partial charge on any atom is 0.162 e. The molecule has 1 unspecified atom stereocenters. The normalized spacial score (nSPS) is 12.1. The summed E-state index contributed by atoms with van der Waals surface area (Å²) in [4.78, 5) is 12.7. The van der Waals surface area contributed by atoms with Gasteiger partial charge in [0, 0.05) is 32.1 Å². The van der Waals surface area contributed by atoms with Gasteiger partial charge in [-0.2, -0.15) is 0 Å². The zero-order valence-electron chi connectivity index (χ0n) is 11.2. The maximum absolute atomic E-state index is 12.1. The van der Waals surface area contributed by atoms with Gasteiger partial charge in [-0.3, -0.25) is 9.00 Å². The highest BCUT2D eigenvalue weighted by Crippen LogP contribution is 2.15. The van der Waals surface area contributed by atoms with Crippen LogP contribution in [0.5, 0.6) is 0 Å². The van der Waals surface area contributed by atoms with Crippen LogP contribution in [-0.2, 0) is 10.8 Å². The Hall–Kier alpha value is -0.970. The summed E-state index contributed by atoms with van der Waals surface area (Å²) in [5.41, 5.74) is 0.690. The Kier molecular flexibility index (Phi) is 6.15. The van der Waals surface area contributed by atoms with Crippen molar-refractivity contribution >= 4 is 44.1 Å². The molecule has 21 heavy (non-hydrogen) atoms. The molecule has 0 saturated heterocycles. The molecule has 2 nitrogen and oxygen atoms in total. The smallest absolute Gasteiger partial charge is 0.162 e. The van der Waals surface area contributed by atoms with Gasteiger partial charge in [0.05, 0.1) is 10.8 Å². The molecule has 0 N–H and O–H groups in total. The largest absolute Gasteiger partial charge is 0.294 e. The molecule has 2 aromatic rings. The summed E-state index contributed by atoms with van der Waals surface area (Å²) in [5, 5.41) is 0.626. The van der Waals surface area contributed by atoms with Crippen molar-refractivity contribution in [1.82, 2.24) is 0 Å². The van der Waals surface area contributed by atoms with Crippen molar-refractivity contribution in [3.05, 3.63) is 63.6 Å². The summed E-state index contributed by atoms with van der Waals surface area (Å²) in [6, 6.07) is 14.2. The fraction of sp³-hybridized carbons (Fsp3) is 0.188. The summed E-state index contributed by atoms with van der Waals surface area (Å²) in [6.07, 6.45) is 1.01. The van der Waals surface area contributed by atoms with Crippen molar-refractivity contribution < 1.29 is 9.00 Å². The third-order valence-electron chi connectivity index (χ3n) is 2.98. The van der Waals surface area contributed by atoms with Crippen LogP contribution >= 0.6 is 27.5 Å². The summed E-state index contributed by atoms with van der Waals surface area (Å²) >= 11 is 9.13. The highest BCUT2D eigenvalue weighted by molar-refractivity contribution is 9.10. The molecule has 2 aromatic carbocycles. The predicted molar refractivity (Wildman–Crippen MR) is 90.4 cm³/mol. The predicted octanol–water partition coefficient (Wildman–Crippen LogP) is 4.87. The Morgan fingerprint density at radius 3 is 2.29 bits per heavy atom. The second kappa shape index (κ2) is 7.87. The van der Waals surface area contributed by atoms with E-state index < -0.39 is 10.8 Å². The lowest BCUT2D eigenvalue weighted by Crippen LogP contribution is -2.03. The van der Waals surface area contributed by atoms with Crippen LogP contribution in [-0.4, -0.2) is 15.7 Å². The lowest BCUT2D eigenvalue weighted by molar-refractivity contribution is 0.0982. The molecule has 0 aromatic heterocycles. The highest BCUT2D eigenvalue weighted by Gasteiger charge is 2.08. The van der Waals surface area contributed by atoms with E-state index >= 15 is 0 Å². The Labute approximate surface area is 140 Å². The fourth-order valence-electron chi connectivity index (χ4n) is 1.85. The second-order valence-corrected chi connectivity index (χ2v) is 7.46. The van der Waals surface area contributed by atoms with Gasteiger partial charge in [-0.05, 0) is 42.8 Å². The van der Waals surface area contributed by atoms with E-state index in [1.807, 2.05) is 12.1 Å². The lowest BCUT2D eigenvalue weighted by atomic mass is 10.1. The van der Waals surface area contributed by atoms with Crippen LogP contribution in [0, 0.1) is 0 Å². The molecule has 1 atom stereocenters. The molecule has 0 aliphatic rings. The number of hydrogen-bond donors (Lipinski definition) is 0. The van der Waals surface area contributed by atoms with Crippen LogP contribution in [0.3, 0.4) is 0 Å². The van der Waals surface area contributed by atoms with E-state index in [1.54, 1.807) is 36.4 Å². The minimum atomic E-state index is -1.09. The number of hydrogen-bond acceptors (Lipinski definition) is 2. The van der Waals surface area contributed by atoms with Crippen molar-refractivity contribution in [2.24, 2.45) is 0 Å². The molecular formula is C16H14BrClO2S. The number of rotatable bonds is 6. The minimum Gasteiger partial charge on any atom is -0.294 e. The van der Waals surface area contributed by atoms with Crippen LogP contribution in [0.2, 0.25) is 5.02 Å². The third-order valence-corrected chi connectivity index (χ3v) is 5.21. The molecule has 0 radical (unpaired) electrons. The first kappa shape index (κ1) is 16.4. The second-order valence-electron chi connectivity index (χ2n) is 4.54. The van der Waals surface area contributed by atoms with Gasteiger partial charge in [-0.15, -0.1) is 0 Å². The van der Waals surface area contributed by atoms with Crippen molar-refractivity contribution in [2.75, 3.05) is 5.75 Å². The lowest BCUT2D eigenvalue weighted by Gasteiger charge is -2.03. The first-order valence-corrected chi connectivity index (χ1v) is 8.98. The summed E-state index contributed by atoms with van der Waals surface area (Å²) in [6.45, 7) is 0. The molecular weight excluding hydrogens is 372 g/mol. The van der Waals surface area contributed by atoms with E-state index in [1.165, 1.54) is 0 Å². The highest BCUT2D eigenvalue weighted by atomic mass is 79.9. The first-order valence-electron chi connectivity index (χ1n) is 6.49. The third kappa shape index (κ3) is 5.06. The van der Waals surface area contributed by atoms with Crippen molar-refractivity contribution in [1.29, 1.82) is 0 Å². The van der Waals surface area contributed by atoms with Gasteiger partial charge in [-0.1, -0.05) is 39.7 Å². The van der Waals surface area contributed by atoms with Gasteiger partial charge in [0.2, 0.25) is 0 Å². The number of benzene rings is 2. The van der Waals surface area contributed by atoms with Crippen LogP contribution in [0.4, 0.5) is 0 Å². The summed E-state index contributed by atoms with van der Waals surface area (Å²) in [7, 11) is -1.09.